The fourth-order valence-electron chi connectivity index (χ4n) is 9.63. The van der Waals surface area contributed by atoms with Crippen LogP contribution in [-0.4, -0.2) is 4.98 Å². The van der Waals surface area contributed by atoms with E-state index in [1.54, 1.807) is 0 Å². The van der Waals surface area contributed by atoms with E-state index in [0.29, 0.717) is 0 Å². The van der Waals surface area contributed by atoms with Crippen molar-refractivity contribution in [3.8, 4) is 22.3 Å². The third-order valence-corrected chi connectivity index (χ3v) is 12.8. The Balaban J connectivity index is 0.831. The molecule has 1 aliphatic carbocycles. The normalized spacial score (nSPS) is 12.8. The van der Waals surface area contributed by atoms with E-state index in [4.69, 9.17) is 4.42 Å². The molecule has 2 aromatic heterocycles. The van der Waals surface area contributed by atoms with Crippen molar-refractivity contribution in [2.75, 3.05) is 9.80 Å². The zero-order valence-corrected chi connectivity index (χ0v) is 35.2. The molecule has 0 saturated carbocycles. The highest BCUT2D eigenvalue weighted by Gasteiger charge is 2.21. The van der Waals surface area contributed by atoms with Gasteiger partial charge in [-0.05, 0) is 114 Å². The quantitative estimate of drug-likeness (QED) is 0.158. The van der Waals surface area contributed by atoms with Crippen LogP contribution < -0.4 is 9.80 Å². The molecular formula is C60H43N3O. The summed E-state index contributed by atoms with van der Waals surface area (Å²) in [6.45, 7) is 0. The SMILES string of the molecule is C1=C(c2cccc3c2oc2ccccc23)CCC(N(c2ccccc2)c2ccc(-c3ccc(N(c4ccccc4)c4ccc(-c5cccc6c5[nH]c5ccccc56)cc4)cc3)cc2)=C1. The van der Waals surface area contributed by atoms with Crippen molar-refractivity contribution in [2.24, 2.45) is 0 Å². The summed E-state index contributed by atoms with van der Waals surface area (Å²) in [4.78, 5) is 8.40. The lowest BCUT2D eigenvalue weighted by molar-refractivity contribution is 0.667. The van der Waals surface area contributed by atoms with E-state index in [1.807, 2.05) is 6.07 Å². The highest BCUT2D eigenvalue weighted by Crippen LogP contribution is 2.42. The summed E-state index contributed by atoms with van der Waals surface area (Å²) in [5, 5.41) is 4.82. The molecule has 0 amide bonds. The maximum Gasteiger partial charge on any atom is 0.142 e. The smallest absolute Gasteiger partial charge is 0.142 e. The zero-order valence-electron chi connectivity index (χ0n) is 35.2. The highest BCUT2D eigenvalue weighted by molar-refractivity contribution is 6.12. The highest BCUT2D eigenvalue weighted by atomic mass is 16.3. The summed E-state index contributed by atoms with van der Waals surface area (Å²) in [5.74, 6) is 0. The molecule has 0 fully saturated rings. The monoisotopic (exact) mass is 821 g/mol. The minimum absolute atomic E-state index is 0.904. The molecule has 2 heterocycles. The number of aromatic nitrogens is 1. The van der Waals surface area contributed by atoms with Gasteiger partial charge in [0.15, 0.2) is 0 Å². The number of benzene rings is 9. The van der Waals surface area contributed by atoms with Gasteiger partial charge in [0.25, 0.3) is 0 Å². The Bertz CT molecular complexity index is 3520. The van der Waals surface area contributed by atoms with E-state index in [1.165, 1.54) is 60.8 Å². The minimum Gasteiger partial charge on any atom is -0.455 e. The van der Waals surface area contributed by atoms with Gasteiger partial charge in [-0.1, -0.05) is 152 Å². The molecule has 11 aromatic rings. The van der Waals surface area contributed by atoms with Crippen molar-refractivity contribution in [1.29, 1.82) is 0 Å². The van der Waals surface area contributed by atoms with Crippen LogP contribution in [0.5, 0.6) is 0 Å². The van der Waals surface area contributed by atoms with Crippen LogP contribution in [0.2, 0.25) is 0 Å². The first kappa shape index (κ1) is 37.4. The summed E-state index contributed by atoms with van der Waals surface area (Å²) in [5.41, 5.74) is 18.2. The van der Waals surface area contributed by atoms with Gasteiger partial charge in [0.1, 0.15) is 11.2 Å². The van der Waals surface area contributed by atoms with Gasteiger partial charge in [-0.2, -0.15) is 0 Å². The van der Waals surface area contributed by atoms with Gasteiger partial charge >= 0.3 is 0 Å². The summed E-state index contributed by atoms with van der Waals surface area (Å²) in [6.07, 6.45) is 6.39. The number of hydrogen-bond donors (Lipinski definition) is 1. The molecule has 0 atom stereocenters. The van der Waals surface area contributed by atoms with Gasteiger partial charge in [-0.15, -0.1) is 0 Å². The average molecular weight is 822 g/mol. The van der Waals surface area contributed by atoms with Crippen LogP contribution in [0.1, 0.15) is 18.4 Å². The number of hydrogen-bond acceptors (Lipinski definition) is 3. The third kappa shape index (κ3) is 6.64. The molecule has 12 rings (SSSR count). The predicted octanol–water partition coefficient (Wildman–Crippen LogP) is 16.9. The number of fused-ring (bicyclic) bond motifs is 6. The first-order valence-corrected chi connectivity index (χ1v) is 22.0. The van der Waals surface area contributed by atoms with E-state index in [9.17, 15) is 0 Å². The lowest BCUT2D eigenvalue weighted by Gasteiger charge is -2.30. The number of rotatable bonds is 9. The van der Waals surface area contributed by atoms with Gasteiger partial charge in [0, 0.05) is 72.3 Å². The van der Waals surface area contributed by atoms with Gasteiger partial charge in [-0.25, -0.2) is 0 Å². The fraction of sp³-hybridized carbons (Fsp3) is 0.0333. The van der Waals surface area contributed by atoms with E-state index in [0.717, 1.165) is 63.3 Å². The number of anilines is 5. The number of nitrogens with zero attached hydrogens (tertiary/aromatic N) is 2. The third-order valence-electron chi connectivity index (χ3n) is 12.8. The molecule has 4 heteroatoms. The Morgan fingerprint density at radius 1 is 0.359 bits per heavy atom. The van der Waals surface area contributed by atoms with Gasteiger partial charge in [-0.3, -0.25) is 0 Å². The van der Waals surface area contributed by atoms with Crippen LogP contribution in [0.15, 0.2) is 241 Å². The van der Waals surface area contributed by atoms with E-state index in [2.05, 4.69) is 239 Å². The van der Waals surface area contributed by atoms with Gasteiger partial charge < -0.3 is 19.2 Å². The Labute approximate surface area is 372 Å². The number of nitrogens with one attached hydrogen (secondary N) is 1. The Hall–Kier alpha value is -8.34. The van der Waals surface area contributed by atoms with E-state index in [-0.39, 0.29) is 0 Å². The van der Waals surface area contributed by atoms with Gasteiger partial charge in [0.2, 0.25) is 0 Å². The molecule has 0 unspecified atom stereocenters. The molecule has 0 spiro atoms. The molecule has 0 bridgehead atoms. The number of H-pyrrole nitrogens is 1. The summed E-state index contributed by atoms with van der Waals surface area (Å²) < 4.78 is 6.42. The summed E-state index contributed by atoms with van der Waals surface area (Å²) in [7, 11) is 0. The molecule has 9 aromatic carbocycles. The molecule has 304 valence electrons. The Kier molecular flexibility index (Phi) is 9.27. The maximum absolute atomic E-state index is 6.42. The second kappa shape index (κ2) is 15.8. The second-order valence-electron chi connectivity index (χ2n) is 16.5. The average Bonchev–Trinajstić information content (AvgIpc) is 3.95. The van der Waals surface area contributed by atoms with E-state index < -0.39 is 0 Å². The van der Waals surface area contributed by atoms with Crippen molar-refractivity contribution < 1.29 is 4.42 Å². The lowest BCUT2D eigenvalue weighted by Crippen LogP contribution is -2.17. The van der Waals surface area contributed by atoms with E-state index >= 15 is 0 Å². The van der Waals surface area contributed by atoms with Crippen molar-refractivity contribution in [3.05, 3.63) is 242 Å². The van der Waals surface area contributed by atoms with Gasteiger partial charge in [0.05, 0.1) is 5.52 Å². The topological polar surface area (TPSA) is 35.4 Å². The minimum atomic E-state index is 0.904. The Morgan fingerprint density at radius 3 is 1.53 bits per heavy atom. The Morgan fingerprint density at radius 2 is 0.875 bits per heavy atom. The largest absolute Gasteiger partial charge is 0.455 e. The van der Waals surface area contributed by atoms with Crippen molar-refractivity contribution in [1.82, 2.24) is 4.98 Å². The maximum atomic E-state index is 6.42. The molecule has 64 heavy (non-hydrogen) atoms. The molecule has 0 radical (unpaired) electrons. The van der Waals surface area contributed by atoms with Crippen molar-refractivity contribution in [3.63, 3.8) is 0 Å². The zero-order chi connectivity index (χ0) is 42.4. The summed E-state index contributed by atoms with van der Waals surface area (Å²) in [6, 6.07) is 78.1. The second-order valence-corrected chi connectivity index (χ2v) is 16.5. The number of allylic oxidation sites excluding steroid dienone is 4. The molecule has 1 aliphatic rings. The molecule has 1 N–H and O–H groups in total. The fourth-order valence-corrected chi connectivity index (χ4v) is 9.63. The van der Waals surface area contributed by atoms with Crippen LogP contribution >= 0.6 is 0 Å². The van der Waals surface area contributed by atoms with Crippen LogP contribution in [0.3, 0.4) is 0 Å². The first-order valence-electron chi connectivity index (χ1n) is 22.0. The first-order chi connectivity index (χ1) is 31.7. The molecule has 0 saturated heterocycles. The predicted molar refractivity (Wildman–Crippen MR) is 269 cm³/mol. The number of para-hydroxylation sites is 6. The van der Waals surface area contributed by atoms with Crippen LogP contribution in [0.25, 0.3) is 71.6 Å². The standard InChI is InChI=1S/C60H43N3O/c1-3-13-45(14-4-1)62(49-37-29-43(30-38-49)51-19-11-21-55-53-17-7-9-23-57(53)61-59(51)55)47-33-25-41(26-34-47)42-27-35-48(36-28-42)63(46-15-5-2-6-16-46)50-39-31-44(32-40-50)52-20-12-22-56-54-18-8-10-24-58(54)64-60(52)56/h1-31,33-39,61H,32,40H2. The van der Waals surface area contributed by atoms with Crippen LogP contribution in [-0.2, 0) is 0 Å². The van der Waals surface area contributed by atoms with Crippen molar-refractivity contribution in [2.45, 2.75) is 12.8 Å². The molecular weight excluding hydrogens is 779 g/mol. The summed E-state index contributed by atoms with van der Waals surface area (Å²) >= 11 is 0. The van der Waals surface area contributed by atoms with Crippen molar-refractivity contribution >= 4 is 77.8 Å². The molecule has 4 nitrogen and oxygen atoms in total. The number of aromatic amines is 1. The lowest BCUT2D eigenvalue weighted by atomic mass is 9.93. The van der Waals surface area contributed by atoms with Crippen LogP contribution in [0, 0.1) is 0 Å². The molecule has 0 aliphatic heterocycles. The number of furan rings is 1. The van der Waals surface area contributed by atoms with Crippen LogP contribution in [0.4, 0.5) is 28.4 Å².